The van der Waals surface area contributed by atoms with Crippen LogP contribution in [-0.2, 0) is 20.1 Å². The Hall–Kier alpha value is -1.20. The molecule has 0 unspecified atom stereocenters. The molecule has 5 heteroatoms. The smallest absolute Gasteiger partial charge is 0.0739 e. The molecule has 0 fully saturated rings. The van der Waals surface area contributed by atoms with Crippen LogP contribution in [0.4, 0.5) is 0 Å². The predicted molar refractivity (Wildman–Crippen MR) is 79.7 cm³/mol. The van der Waals surface area contributed by atoms with Gasteiger partial charge in [0, 0.05) is 32.5 Å². The monoisotopic (exact) mass is 322 g/mol. The predicted octanol–water partition coefficient (Wildman–Crippen LogP) is 2.91. The molecule has 2 rings (SSSR count). The van der Waals surface area contributed by atoms with Gasteiger partial charge in [0.15, 0.2) is 0 Å². The van der Waals surface area contributed by atoms with Gasteiger partial charge in [-0.05, 0) is 47.1 Å². The van der Waals surface area contributed by atoms with E-state index in [9.17, 15) is 0 Å². The third-order valence-electron chi connectivity index (χ3n) is 3.24. The largest absolute Gasteiger partial charge is 0.294 e. The van der Waals surface area contributed by atoms with Crippen molar-refractivity contribution in [3.63, 3.8) is 0 Å². The molecule has 2 aromatic rings. The summed E-state index contributed by atoms with van der Waals surface area (Å²) in [6.45, 7) is 7.01. The Morgan fingerprint density at radius 3 is 2.47 bits per heavy atom. The number of hydrogen-bond donors (Lipinski definition) is 0. The molecule has 102 valence electrons. The molecule has 0 atom stereocenters. The van der Waals surface area contributed by atoms with Crippen LogP contribution in [0.2, 0.25) is 0 Å². The van der Waals surface area contributed by atoms with Crippen molar-refractivity contribution in [2.45, 2.75) is 26.9 Å². The van der Waals surface area contributed by atoms with E-state index in [4.69, 9.17) is 0 Å². The van der Waals surface area contributed by atoms with E-state index in [1.165, 1.54) is 11.3 Å². The number of rotatable bonds is 5. The van der Waals surface area contributed by atoms with E-state index < -0.39 is 0 Å². The average molecular weight is 323 g/mol. The molecule has 0 aromatic carbocycles. The molecule has 0 amide bonds. The van der Waals surface area contributed by atoms with Crippen molar-refractivity contribution >= 4 is 15.9 Å². The van der Waals surface area contributed by atoms with Gasteiger partial charge in [0.1, 0.15) is 0 Å². The summed E-state index contributed by atoms with van der Waals surface area (Å²) in [5, 5.41) is 4.44. The SMILES string of the molecule is CCN(Cc1ccncc1)Cc1c(Br)c(C)nn1C. The Bertz CT molecular complexity index is 536. The molecule has 0 spiro atoms. The zero-order chi connectivity index (χ0) is 13.8. The lowest BCUT2D eigenvalue weighted by molar-refractivity contribution is 0.263. The Kier molecular flexibility index (Phi) is 4.71. The van der Waals surface area contributed by atoms with Gasteiger partial charge in [0.05, 0.1) is 15.9 Å². The van der Waals surface area contributed by atoms with Crippen LogP contribution in [0.5, 0.6) is 0 Å². The molecule has 0 saturated heterocycles. The maximum Gasteiger partial charge on any atom is 0.0739 e. The van der Waals surface area contributed by atoms with Gasteiger partial charge in [-0.15, -0.1) is 0 Å². The molecule has 0 radical (unpaired) electrons. The summed E-state index contributed by atoms with van der Waals surface area (Å²) < 4.78 is 3.07. The highest BCUT2D eigenvalue weighted by Gasteiger charge is 2.14. The van der Waals surface area contributed by atoms with Crippen molar-refractivity contribution in [3.8, 4) is 0 Å². The summed E-state index contributed by atoms with van der Waals surface area (Å²) >= 11 is 3.62. The van der Waals surface area contributed by atoms with Gasteiger partial charge in [-0.2, -0.15) is 5.10 Å². The van der Waals surface area contributed by atoms with Gasteiger partial charge in [-0.1, -0.05) is 6.92 Å². The second kappa shape index (κ2) is 6.30. The number of nitrogens with zero attached hydrogens (tertiary/aromatic N) is 4. The summed E-state index contributed by atoms with van der Waals surface area (Å²) in [5.41, 5.74) is 3.54. The van der Waals surface area contributed by atoms with Crippen LogP contribution in [0.3, 0.4) is 0 Å². The van der Waals surface area contributed by atoms with E-state index in [1.807, 2.05) is 31.0 Å². The molecule has 0 aliphatic rings. The number of aryl methyl sites for hydroxylation is 2. The summed E-state index contributed by atoms with van der Waals surface area (Å²) in [6, 6.07) is 4.12. The summed E-state index contributed by atoms with van der Waals surface area (Å²) in [7, 11) is 1.99. The van der Waals surface area contributed by atoms with Crippen LogP contribution in [0.15, 0.2) is 29.0 Å². The van der Waals surface area contributed by atoms with Crippen molar-refractivity contribution in [2.75, 3.05) is 6.54 Å². The fraction of sp³-hybridized carbons (Fsp3) is 0.429. The van der Waals surface area contributed by atoms with E-state index in [0.29, 0.717) is 0 Å². The molecule has 2 aromatic heterocycles. The minimum atomic E-state index is 0.886. The third-order valence-corrected chi connectivity index (χ3v) is 4.27. The van der Waals surface area contributed by atoms with Crippen molar-refractivity contribution in [1.29, 1.82) is 0 Å². The summed E-state index contributed by atoms with van der Waals surface area (Å²) in [5.74, 6) is 0. The van der Waals surface area contributed by atoms with E-state index in [2.05, 4.69) is 50.0 Å². The van der Waals surface area contributed by atoms with Crippen molar-refractivity contribution < 1.29 is 0 Å². The average Bonchev–Trinajstić information content (AvgIpc) is 2.65. The highest BCUT2D eigenvalue weighted by Crippen LogP contribution is 2.22. The van der Waals surface area contributed by atoms with Crippen LogP contribution in [0.25, 0.3) is 0 Å². The fourth-order valence-corrected chi connectivity index (χ4v) is 2.55. The second-order valence-electron chi connectivity index (χ2n) is 4.63. The van der Waals surface area contributed by atoms with E-state index >= 15 is 0 Å². The minimum absolute atomic E-state index is 0.886. The van der Waals surface area contributed by atoms with Gasteiger partial charge >= 0.3 is 0 Å². The van der Waals surface area contributed by atoms with Crippen LogP contribution >= 0.6 is 15.9 Å². The van der Waals surface area contributed by atoms with E-state index in [-0.39, 0.29) is 0 Å². The quantitative estimate of drug-likeness (QED) is 0.848. The minimum Gasteiger partial charge on any atom is -0.294 e. The third kappa shape index (κ3) is 3.42. The molecule has 0 bridgehead atoms. The lowest BCUT2D eigenvalue weighted by Gasteiger charge is -2.20. The normalized spacial score (nSPS) is 11.2. The Balaban J connectivity index is 2.11. The number of aromatic nitrogens is 3. The first-order chi connectivity index (χ1) is 9.11. The van der Waals surface area contributed by atoms with Crippen LogP contribution in [-0.4, -0.2) is 26.2 Å². The Morgan fingerprint density at radius 1 is 1.26 bits per heavy atom. The van der Waals surface area contributed by atoms with Crippen LogP contribution < -0.4 is 0 Å². The Labute approximate surface area is 122 Å². The van der Waals surface area contributed by atoms with Gasteiger partial charge in [-0.25, -0.2) is 0 Å². The summed E-state index contributed by atoms with van der Waals surface area (Å²) in [4.78, 5) is 6.44. The van der Waals surface area contributed by atoms with Crippen LogP contribution in [0, 0.1) is 6.92 Å². The van der Waals surface area contributed by atoms with Crippen molar-refractivity contribution in [3.05, 3.63) is 46.0 Å². The van der Waals surface area contributed by atoms with E-state index in [1.54, 1.807) is 0 Å². The number of pyridine rings is 1. The standard InChI is InChI=1S/C14H19BrN4/c1-4-19(9-12-5-7-16-8-6-12)10-13-14(15)11(2)17-18(13)3/h5-8H,4,9-10H2,1-3H3. The van der Waals surface area contributed by atoms with Crippen LogP contribution in [0.1, 0.15) is 23.9 Å². The molecule has 0 aliphatic carbocycles. The molecule has 19 heavy (non-hydrogen) atoms. The zero-order valence-electron chi connectivity index (χ0n) is 11.6. The highest BCUT2D eigenvalue weighted by atomic mass is 79.9. The number of halogens is 1. The van der Waals surface area contributed by atoms with Crippen molar-refractivity contribution in [2.24, 2.45) is 7.05 Å². The molecule has 0 aliphatic heterocycles. The van der Waals surface area contributed by atoms with Gasteiger partial charge in [0.2, 0.25) is 0 Å². The topological polar surface area (TPSA) is 34.0 Å². The first-order valence-electron chi connectivity index (χ1n) is 6.41. The molecule has 0 N–H and O–H groups in total. The molecule has 4 nitrogen and oxygen atoms in total. The lowest BCUT2D eigenvalue weighted by Crippen LogP contribution is -2.23. The maximum atomic E-state index is 4.44. The van der Waals surface area contributed by atoms with Gasteiger partial charge < -0.3 is 0 Å². The van der Waals surface area contributed by atoms with Gasteiger partial charge in [0.25, 0.3) is 0 Å². The zero-order valence-corrected chi connectivity index (χ0v) is 13.2. The summed E-state index contributed by atoms with van der Waals surface area (Å²) in [6.07, 6.45) is 3.68. The maximum absolute atomic E-state index is 4.44. The van der Waals surface area contributed by atoms with E-state index in [0.717, 1.165) is 29.8 Å². The highest BCUT2D eigenvalue weighted by molar-refractivity contribution is 9.10. The molecule has 2 heterocycles. The van der Waals surface area contributed by atoms with Crippen molar-refractivity contribution in [1.82, 2.24) is 19.7 Å². The second-order valence-corrected chi connectivity index (χ2v) is 5.42. The molecule has 0 saturated carbocycles. The first kappa shape index (κ1) is 14.2. The first-order valence-corrected chi connectivity index (χ1v) is 7.20. The molecular formula is C14H19BrN4. The lowest BCUT2D eigenvalue weighted by atomic mass is 10.2. The molecular weight excluding hydrogens is 304 g/mol. The fourth-order valence-electron chi connectivity index (χ4n) is 2.09. The number of hydrogen-bond acceptors (Lipinski definition) is 3. The Morgan fingerprint density at radius 2 is 1.95 bits per heavy atom. The van der Waals surface area contributed by atoms with Gasteiger partial charge in [-0.3, -0.25) is 14.6 Å².